The number of esters is 1. The number of benzene rings is 2. The summed E-state index contributed by atoms with van der Waals surface area (Å²) in [4.78, 5) is 25.4. The van der Waals surface area contributed by atoms with Gasteiger partial charge in [-0.1, -0.05) is 24.3 Å². The maximum Gasteiger partial charge on any atom is 0.338 e. The SMILES string of the molecule is Cc1c(COC(=O)c2cccc(OCC(=O)N(C)C)c2)oc2ccccc12. The van der Waals surface area contributed by atoms with Crippen molar-refractivity contribution in [3.8, 4) is 5.75 Å². The first kappa shape index (κ1) is 18.5. The van der Waals surface area contributed by atoms with Crippen molar-refractivity contribution in [2.45, 2.75) is 13.5 Å². The zero-order chi connectivity index (χ0) is 19.4. The molecule has 0 spiro atoms. The lowest BCUT2D eigenvalue weighted by Gasteiger charge is -2.11. The van der Waals surface area contributed by atoms with Gasteiger partial charge in [-0.3, -0.25) is 4.79 Å². The van der Waals surface area contributed by atoms with Crippen LogP contribution in [0.2, 0.25) is 0 Å². The van der Waals surface area contributed by atoms with Gasteiger partial charge in [-0.2, -0.15) is 0 Å². The Morgan fingerprint density at radius 2 is 1.85 bits per heavy atom. The lowest BCUT2D eigenvalue weighted by Crippen LogP contribution is -2.27. The molecule has 0 aliphatic rings. The number of nitrogens with zero attached hydrogens (tertiary/aromatic N) is 1. The third-order valence-electron chi connectivity index (χ3n) is 4.21. The van der Waals surface area contributed by atoms with Gasteiger partial charge in [0, 0.05) is 25.0 Å². The highest BCUT2D eigenvalue weighted by molar-refractivity contribution is 5.90. The molecule has 0 saturated heterocycles. The largest absolute Gasteiger partial charge is 0.484 e. The summed E-state index contributed by atoms with van der Waals surface area (Å²) in [6.07, 6.45) is 0. The normalized spacial score (nSPS) is 10.6. The van der Waals surface area contributed by atoms with E-state index in [-0.39, 0.29) is 19.1 Å². The highest BCUT2D eigenvalue weighted by Crippen LogP contribution is 2.25. The van der Waals surface area contributed by atoms with Crippen LogP contribution < -0.4 is 4.74 Å². The van der Waals surface area contributed by atoms with Crippen LogP contribution in [-0.2, 0) is 16.1 Å². The first-order valence-electron chi connectivity index (χ1n) is 8.53. The number of hydrogen-bond acceptors (Lipinski definition) is 5. The fourth-order valence-electron chi connectivity index (χ4n) is 2.56. The molecule has 0 N–H and O–H groups in total. The average Bonchev–Trinajstić information content (AvgIpc) is 3.00. The van der Waals surface area contributed by atoms with Gasteiger partial charge in [-0.25, -0.2) is 4.79 Å². The standard InChI is InChI=1S/C21H21NO5/c1-14-17-9-4-5-10-18(17)27-19(14)12-26-21(24)15-7-6-8-16(11-15)25-13-20(23)22(2)3/h4-11H,12-13H2,1-3H3. The second-order valence-corrected chi connectivity index (χ2v) is 6.33. The van der Waals surface area contributed by atoms with Crippen LogP contribution in [0.4, 0.5) is 0 Å². The minimum atomic E-state index is -0.487. The molecule has 0 saturated carbocycles. The van der Waals surface area contributed by atoms with Gasteiger partial charge in [0.1, 0.15) is 23.7 Å². The molecule has 27 heavy (non-hydrogen) atoms. The van der Waals surface area contributed by atoms with Crippen LogP contribution in [0.1, 0.15) is 21.7 Å². The van der Waals surface area contributed by atoms with E-state index in [1.165, 1.54) is 4.90 Å². The molecule has 2 aromatic carbocycles. The maximum atomic E-state index is 12.3. The van der Waals surface area contributed by atoms with E-state index in [1.807, 2.05) is 31.2 Å². The Balaban J connectivity index is 1.64. The van der Waals surface area contributed by atoms with E-state index in [1.54, 1.807) is 38.4 Å². The number of aryl methyl sites for hydroxylation is 1. The Labute approximate surface area is 157 Å². The molecule has 0 atom stereocenters. The van der Waals surface area contributed by atoms with Crippen LogP contribution >= 0.6 is 0 Å². The number of hydrogen-bond donors (Lipinski definition) is 0. The average molecular weight is 367 g/mol. The van der Waals surface area contributed by atoms with Crippen LogP contribution in [-0.4, -0.2) is 37.5 Å². The Morgan fingerprint density at radius 3 is 2.59 bits per heavy atom. The van der Waals surface area contributed by atoms with Crippen molar-refractivity contribution >= 4 is 22.8 Å². The number of carbonyl (C=O) groups is 2. The van der Waals surface area contributed by atoms with Crippen molar-refractivity contribution in [3.05, 3.63) is 65.4 Å². The van der Waals surface area contributed by atoms with Gasteiger partial charge < -0.3 is 18.8 Å². The number of likely N-dealkylation sites (N-methyl/N-ethyl adjacent to an activating group) is 1. The Kier molecular flexibility index (Phi) is 5.45. The summed E-state index contributed by atoms with van der Waals surface area (Å²) in [6, 6.07) is 14.2. The number of fused-ring (bicyclic) bond motifs is 1. The molecule has 3 aromatic rings. The molecule has 1 aromatic heterocycles. The second kappa shape index (κ2) is 7.95. The van der Waals surface area contributed by atoms with E-state index in [4.69, 9.17) is 13.9 Å². The number of carbonyl (C=O) groups excluding carboxylic acids is 2. The van der Waals surface area contributed by atoms with E-state index in [0.717, 1.165) is 16.5 Å². The summed E-state index contributed by atoms with van der Waals surface area (Å²) in [5, 5.41) is 1.00. The topological polar surface area (TPSA) is 69.0 Å². The van der Waals surface area contributed by atoms with Crippen LogP contribution in [0.3, 0.4) is 0 Å². The number of rotatable bonds is 6. The van der Waals surface area contributed by atoms with Gasteiger partial charge in [0.15, 0.2) is 6.61 Å². The molecule has 0 fully saturated rings. The fourth-order valence-corrected chi connectivity index (χ4v) is 2.56. The van der Waals surface area contributed by atoms with Crippen molar-refractivity contribution in [1.29, 1.82) is 0 Å². The summed E-state index contributed by atoms with van der Waals surface area (Å²) in [5.41, 5.74) is 2.07. The van der Waals surface area contributed by atoms with Gasteiger partial charge in [0.25, 0.3) is 5.91 Å². The number of amides is 1. The zero-order valence-corrected chi connectivity index (χ0v) is 15.5. The Morgan fingerprint density at radius 1 is 1.07 bits per heavy atom. The predicted octanol–water partition coefficient (Wildman–Crippen LogP) is 3.57. The minimum Gasteiger partial charge on any atom is -0.484 e. The third kappa shape index (κ3) is 4.28. The second-order valence-electron chi connectivity index (χ2n) is 6.33. The molecule has 0 radical (unpaired) electrons. The van der Waals surface area contributed by atoms with Crippen molar-refractivity contribution in [2.75, 3.05) is 20.7 Å². The van der Waals surface area contributed by atoms with Gasteiger partial charge in [0.05, 0.1) is 5.56 Å². The molecule has 0 bridgehead atoms. The lowest BCUT2D eigenvalue weighted by atomic mass is 10.1. The highest BCUT2D eigenvalue weighted by Gasteiger charge is 2.14. The molecule has 3 rings (SSSR count). The van der Waals surface area contributed by atoms with Crippen LogP contribution in [0.25, 0.3) is 11.0 Å². The number of ether oxygens (including phenoxy) is 2. The molecule has 6 nitrogen and oxygen atoms in total. The molecule has 1 amide bonds. The summed E-state index contributed by atoms with van der Waals surface area (Å²) in [5.74, 6) is 0.399. The molecule has 6 heteroatoms. The summed E-state index contributed by atoms with van der Waals surface area (Å²) in [6.45, 7) is 1.89. The van der Waals surface area contributed by atoms with Crippen LogP contribution in [0, 0.1) is 6.92 Å². The molecular weight excluding hydrogens is 346 g/mol. The van der Waals surface area contributed by atoms with Crippen molar-refractivity contribution < 1.29 is 23.5 Å². The molecular formula is C21H21NO5. The van der Waals surface area contributed by atoms with Crippen molar-refractivity contribution in [3.63, 3.8) is 0 Å². The monoisotopic (exact) mass is 367 g/mol. The molecule has 0 aliphatic heterocycles. The van der Waals surface area contributed by atoms with Crippen LogP contribution in [0.5, 0.6) is 5.75 Å². The van der Waals surface area contributed by atoms with Gasteiger partial charge in [-0.15, -0.1) is 0 Å². The summed E-state index contributed by atoms with van der Waals surface area (Å²) >= 11 is 0. The lowest BCUT2D eigenvalue weighted by molar-refractivity contribution is -0.130. The van der Waals surface area contributed by atoms with Crippen molar-refractivity contribution in [2.24, 2.45) is 0 Å². The molecule has 0 aliphatic carbocycles. The fraction of sp³-hybridized carbons (Fsp3) is 0.238. The Hall–Kier alpha value is -3.28. The van der Waals surface area contributed by atoms with E-state index in [0.29, 0.717) is 17.1 Å². The van der Waals surface area contributed by atoms with E-state index < -0.39 is 5.97 Å². The van der Waals surface area contributed by atoms with E-state index in [2.05, 4.69) is 0 Å². The maximum absolute atomic E-state index is 12.3. The predicted molar refractivity (Wildman–Crippen MR) is 101 cm³/mol. The minimum absolute atomic E-state index is 0.0452. The smallest absolute Gasteiger partial charge is 0.338 e. The van der Waals surface area contributed by atoms with E-state index >= 15 is 0 Å². The van der Waals surface area contributed by atoms with Gasteiger partial charge in [-0.05, 0) is 31.2 Å². The first-order valence-corrected chi connectivity index (χ1v) is 8.53. The summed E-state index contributed by atoms with van der Waals surface area (Å²) in [7, 11) is 3.30. The van der Waals surface area contributed by atoms with Gasteiger partial charge >= 0.3 is 5.97 Å². The zero-order valence-electron chi connectivity index (χ0n) is 15.5. The first-order chi connectivity index (χ1) is 13.0. The van der Waals surface area contributed by atoms with Crippen LogP contribution in [0.15, 0.2) is 52.9 Å². The number of para-hydroxylation sites is 1. The molecule has 1 heterocycles. The highest BCUT2D eigenvalue weighted by atomic mass is 16.5. The van der Waals surface area contributed by atoms with E-state index in [9.17, 15) is 9.59 Å². The van der Waals surface area contributed by atoms with Crippen molar-refractivity contribution in [1.82, 2.24) is 4.90 Å². The summed E-state index contributed by atoms with van der Waals surface area (Å²) < 4.78 is 16.6. The third-order valence-corrected chi connectivity index (χ3v) is 4.21. The van der Waals surface area contributed by atoms with Gasteiger partial charge in [0.2, 0.25) is 0 Å². The molecule has 0 unspecified atom stereocenters. The number of furan rings is 1. The molecule has 140 valence electrons. The Bertz CT molecular complexity index is 974. The quantitative estimate of drug-likeness (QED) is 0.623.